The van der Waals surface area contributed by atoms with Crippen LogP contribution in [0.2, 0.25) is 0 Å². The van der Waals surface area contributed by atoms with Crippen LogP contribution in [0.15, 0.2) is 36.4 Å². The van der Waals surface area contributed by atoms with Crippen molar-refractivity contribution in [3.05, 3.63) is 53.1 Å². The predicted octanol–water partition coefficient (Wildman–Crippen LogP) is 3.29. The standard InChI is InChI=1S/C19H19N3O3S/c1-11-6-12(2)8-13(7-11)18(24)20-10-17(23)22-19-21-15-5-4-14(25-3)9-16(15)26-19/h4-9H,10H2,1-3H3,(H,20,24)(H,21,22,23). The number of fused-ring (bicyclic) bond motifs is 1. The second-order valence-corrected chi connectivity index (χ2v) is 6.99. The Kier molecular flexibility index (Phi) is 5.18. The summed E-state index contributed by atoms with van der Waals surface area (Å²) in [7, 11) is 1.60. The van der Waals surface area contributed by atoms with E-state index in [-0.39, 0.29) is 18.4 Å². The lowest BCUT2D eigenvalue weighted by atomic mass is 10.1. The molecule has 134 valence electrons. The normalized spacial score (nSPS) is 10.6. The number of carbonyl (C=O) groups is 2. The molecule has 0 aliphatic heterocycles. The highest BCUT2D eigenvalue weighted by molar-refractivity contribution is 7.22. The van der Waals surface area contributed by atoms with Crippen molar-refractivity contribution in [3.63, 3.8) is 0 Å². The number of rotatable bonds is 5. The number of anilines is 1. The molecule has 0 atom stereocenters. The number of ether oxygens (including phenoxy) is 1. The topological polar surface area (TPSA) is 80.3 Å². The Morgan fingerprint density at radius 2 is 1.85 bits per heavy atom. The van der Waals surface area contributed by atoms with Crippen molar-refractivity contribution in [2.75, 3.05) is 19.0 Å². The summed E-state index contributed by atoms with van der Waals surface area (Å²) in [6.07, 6.45) is 0. The van der Waals surface area contributed by atoms with Crippen molar-refractivity contribution < 1.29 is 14.3 Å². The van der Waals surface area contributed by atoms with E-state index >= 15 is 0 Å². The lowest BCUT2D eigenvalue weighted by molar-refractivity contribution is -0.115. The maximum atomic E-state index is 12.2. The number of thiazole rings is 1. The predicted molar refractivity (Wildman–Crippen MR) is 103 cm³/mol. The van der Waals surface area contributed by atoms with Crippen LogP contribution in [-0.4, -0.2) is 30.5 Å². The van der Waals surface area contributed by atoms with Crippen LogP contribution in [0.3, 0.4) is 0 Å². The Morgan fingerprint density at radius 3 is 2.54 bits per heavy atom. The van der Waals surface area contributed by atoms with Crippen LogP contribution < -0.4 is 15.4 Å². The molecule has 26 heavy (non-hydrogen) atoms. The number of methoxy groups -OCH3 is 1. The lowest BCUT2D eigenvalue weighted by Crippen LogP contribution is -2.32. The molecule has 2 N–H and O–H groups in total. The summed E-state index contributed by atoms with van der Waals surface area (Å²) in [6.45, 7) is 3.74. The average Bonchev–Trinajstić information content (AvgIpc) is 2.99. The molecule has 2 amide bonds. The minimum absolute atomic E-state index is 0.120. The van der Waals surface area contributed by atoms with E-state index in [1.165, 1.54) is 11.3 Å². The van der Waals surface area contributed by atoms with Crippen LogP contribution in [0.25, 0.3) is 10.2 Å². The molecule has 0 bridgehead atoms. The summed E-state index contributed by atoms with van der Waals surface area (Å²) in [6, 6.07) is 11.1. The van der Waals surface area contributed by atoms with Gasteiger partial charge in [0.25, 0.3) is 5.91 Å². The second-order valence-electron chi connectivity index (χ2n) is 5.96. The number of aromatic nitrogens is 1. The van der Waals surface area contributed by atoms with Crippen LogP contribution in [0.5, 0.6) is 5.75 Å². The van der Waals surface area contributed by atoms with Gasteiger partial charge in [-0.25, -0.2) is 4.98 Å². The van der Waals surface area contributed by atoms with E-state index in [4.69, 9.17) is 4.74 Å². The number of hydrogen-bond donors (Lipinski definition) is 2. The molecular weight excluding hydrogens is 350 g/mol. The quantitative estimate of drug-likeness (QED) is 0.723. The van der Waals surface area contributed by atoms with Gasteiger partial charge in [0.2, 0.25) is 5.91 Å². The van der Waals surface area contributed by atoms with E-state index in [1.54, 1.807) is 19.2 Å². The molecule has 0 fully saturated rings. The zero-order chi connectivity index (χ0) is 18.7. The number of hydrogen-bond acceptors (Lipinski definition) is 5. The monoisotopic (exact) mass is 369 g/mol. The Hall–Kier alpha value is -2.93. The average molecular weight is 369 g/mol. The zero-order valence-electron chi connectivity index (χ0n) is 14.8. The van der Waals surface area contributed by atoms with Crippen LogP contribution in [0, 0.1) is 13.8 Å². The van der Waals surface area contributed by atoms with Crippen molar-refractivity contribution in [3.8, 4) is 5.75 Å². The molecule has 3 aromatic rings. The largest absolute Gasteiger partial charge is 0.497 e. The number of nitrogens with zero attached hydrogens (tertiary/aromatic N) is 1. The van der Waals surface area contributed by atoms with Gasteiger partial charge in [-0.3, -0.25) is 9.59 Å². The summed E-state index contributed by atoms with van der Waals surface area (Å²) >= 11 is 1.35. The van der Waals surface area contributed by atoms with E-state index in [9.17, 15) is 9.59 Å². The van der Waals surface area contributed by atoms with E-state index in [1.807, 2.05) is 38.1 Å². The summed E-state index contributed by atoms with van der Waals surface area (Å²) in [5.74, 6) is 0.134. The number of amides is 2. The molecule has 0 unspecified atom stereocenters. The van der Waals surface area contributed by atoms with Crippen LogP contribution in [0.4, 0.5) is 5.13 Å². The van der Waals surface area contributed by atoms with E-state index in [0.717, 1.165) is 27.1 Å². The van der Waals surface area contributed by atoms with Gasteiger partial charge in [-0.1, -0.05) is 28.5 Å². The molecule has 0 saturated heterocycles. The third-order valence-corrected chi connectivity index (χ3v) is 4.67. The minimum Gasteiger partial charge on any atom is -0.497 e. The van der Waals surface area contributed by atoms with Crippen molar-refractivity contribution in [1.82, 2.24) is 10.3 Å². The Labute approximate surface area is 155 Å². The Bertz CT molecular complexity index is 961. The Balaban J connectivity index is 1.61. The number of aryl methyl sites for hydroxylation is 2. The molecular formula is C19H19N3O3S. The first kappa shape index (κ1) is 17.9. The van der Waals surface area contributed by atoms with E-state index in [0.29, 0.717) is 10.7 Å². The van der Waals surface area contributed by atoms with Gasteiger partial charge in [0.05, 0.1) is 23.9 Å². The number of benzene rings is 2. The highest BCUT2D eigenvalue weighted by Crippen LogP contribution is 2.29. The maximum absolute atomic E-state index is 12.2. The third-order valence-electron chi connectivity index (χ3n) is 3.74. The highest BCUT2D eigenvalue weighted by atomic mass is 32.1. The van der Waals surface area contributed by atoms with Crippen LogP contribution >= 0.6 is 11.3 Å². The molecule has 1 heterocycles. The molecule has 3 rings (SSSR count). The minimum atomic E-state index is -0.325. The number of carbonyl (C=O) groups excluding carboxylic acids is 2. The zero-order valence-corrected chi connectivity index (χ0v) is 15.6. The maximum Gasteiger partial charge on any atom is 0.251 e. The first-order valence-electron chi connectivity index (χ1n) is 8.05. The highest BCUT2D eigenvalue weighted by Gasteiger charge is 2.11. The van der Waals surface area contributed by atoms with Gasteiger partial charge >= 0.3 is 0 Å². The van der Waals surface area contributed by atoms with Gasteiger partial charge in [0.15, 0.2) is 5.13 Å². The molecule has 6 nitrogen and oxygen atoms in total. The molecule has 0 aliphatic carbocycles. The van der Waals surface area contributed by atoms with Crippen LogP contribution in [0.1, 0.15) is 21.5 Å². The second kappa shape index (κ2) is 7.53. The van der Waals surface area contributed by atoms with Gasteiger partial charge in [0, 0.05) is 5.56 Å². The van der Waals surface area contributed by atoms with Crippen LogP contribution in [-0.2, 0) is 4.79 Å². The smallest absolute Gasteiger partial charge is 0.251 e. The van der Waals surface area contributed by atoms with Gasteiger partial charge in [0.1, 0.15) is 5.75 Å². The van der Waals surface area contributed by atoms with Crippen molar-refractivity contribution in [2.45, 2.75) is 13.8 Å². The number of nitrogens with one attached hydrogen (secondary N) is 2. The lowest BCUT2D eigenvalue weighted by Gasteiger charge is -2.07. The van der Waals surface area contributed by atoms with Crippen molar-refractivity contribution in [2.24, 2.45) is 0 Å². The molecule has 1 aromatic heterocycles. The van der Waals surface area contributed by atoms with Gasteiger partial charge in [-0.15, -0.1) is 0 Å². The van der Waals surface area contributed by atoms with Crippen molar-refractivity contribution in [1.29, 1.82) is 0 Å². The molecule has 0 saturated carbocycles. The van der Waals surface area contributed by atoms with Crippen molar-refractivity contribution >= 4 is 38.5 Å². The third kappa shape index (κ3) is 4.18. The Morgan fingerprint density at radius 1 is 1.12 bits per heavy atom. The molecule has 0 aliphatic rings. The fourth-order valence-electron chi connectivity index (χ4n) is 2.62. The molecule has 0 spiro atoms. The fourth-order valence-corrected chi connectivity index (χ4v) is 3.53. The van der Waals surface area contributed by atoms with E-state index in [2.05, 4.69) is 15.6 Å². The first-order valence-corrected chi connectivity index (χ1v) is 8.87. The summed E-state index contributed by atoms with van der Waals surface area (Å²) in [5.41, 5.74) is 3.33. The molecule has 2 aromatic carbocycles. The van der Waals surface area contributed by atoms with Gasteiger partial charge in [-0.05, 0) is 44.2 Å². The molecule has 0 radical (unpaired) electrons. The van der Waals surface area contributed by atoms with Gasteiger partial charge in [-0.2, -0.15) is 0 Å². The summed E-state index contributed by atoms with van der Waals surface area (Å²) in [4.78, 5) is 28.7. The molecule has 7 heteroatoms. The van der Waals surface area contributed by atoms with E-state index < -0.39 is 0 Å². The summed E-state index contributed by atoms with van der Waals surface area (Å²) < 4.78 is 6.10. The fraction of sp³-hybridized carbons (Fsp3) is 0.211. The summed E-state index contributed by atoms with van der Waals surface area (Å²) in [5, 5.41) is 5.83. The SMILES string of the molecule is COc1ccc2nc(NC(=O)CNC(=O)c3cc(C)cc(C)c3)sc2c1. The van der Waals surface area contributed by atoms with Gasteiger partial charge < -0.3 is 15.4 Å². The first-order chi connectivity index (χ1) is 12.4.